The van der Waals surface area contributed by atoms with Crippen molar-refractivity contribution in [1.82, 2.24) is 0 Å². The second kappa shape index (κ2) is 17.4. The highest BCUT2D eigenvalue weighted by atomic mass is 35.5. The molecule has 0 spiro atoms. The minimum absolute atomic E-state index is 0.0414. The first-order valence-corrected chi connectivity index (χ1v) is 15.8. The van der Waals surface area contributed by atoms with E-state index in [1.165, 1.54) is 0 Å². The average molecular weight is 595 g/mol. The van der Waals surface area contributed by atoms with Crippen molar-refractivity contribution in [2.75, 3.05) is 19.8 Å². The molecule has 2 unspecified atom stereocenters. The van der Waals surface area contributed by atoms with Gasteiger partial charge in [-0.25, -0.2) is 0 Å². The smallest absolute Gasteiger partial charge is 0.303 e. The Balaban J connectivity index is 1.40. The normalized spacial score (nSPS) is 29.5. The summed E-state index contributed by atoms with van der Waals surface area (Å²) >= 11 is 6.16. The lowest BCUT2D eigenvalue weighted by Crippen LogP contribution is -2.34. The van der Waals surface area contributed by atoms with Gasteiger partial charge < -0.3 is 33.9 Å². The molecule has 2 aliphatic heterocycles. The fourth-order valence-corrected chi connectivity index (χ4v) is 6.32. The molecule has 41 heavy (non-hydrogen) atoms. The molecule has 0 amide bonds. The van der Waals surface area contributed by atoms with Gasteiger partial charge in [0.25, 0.3) is 0 Å². The highest BCUT2D eigenvalue weighted by Gasteiger charge is 2.43. The van der Waals surface area contributed by atoms with Crippen molar-refractivity contribution in [2.24, 2.45) is 11.8 Å². The van der Waals surface area contributed by atoms with Gasteiger partial charge in [0.2, 0.25) is 0 Å². The molecule has 7 atom stereocenters. The van der Waals surface area contributed by atoms with Gasteiger partial charge in [0.05, 0.1) is 18.3 Å². The molecule has 0 aromatic heterocycles. The van der Waals surface area contributed by atoms with Crippen LogP contribution in [0, 0.1) is 11.8 Å². The highest BCUT2D eigenvalue weighted by molar-refractivity contribution is 6.30. The molecule has 9 heteroatoms. The summed E-state index contributed by atoms with van der Waals surface area (Å²) in [4.78, 5) is 10.8. The maximum atomic E-state index is 11.1. The predicted octanol–water partition coefficient (Wildman–Crippen LogP) is 6.52. The van der Waals surface area contributed by atoms with Crippen LogP contribution in [0.25, 0.3) is 0 Å². The first-order chi connectivity index (χ1) is 20.0. The molecule has 0 radical (unpaired) electrons. The predicted molar refractivity (Wildman–Crippen MR) is 156 cm³/mol. The van der Waals surface area contributed by atoms with E-state index in [1.807, 2.05) is 24.3 Å². The molecule has 1 aromatic carbocycles. The van der Waals surface area contributed by atoms with E-state index in [2.05, 4.69) is 6.08 Å². The van der Waals surface area contributed by atoms with Crippen molar-refractivity contribution < 1.29 is 38.7 Å². The van der Waals surface area contributed by atoms with Crippen LogP contribution in [0.15, 0.2) is 36.4 Å². The molecule has 230 valence electrons. The van der Waals surface area contributed by atoms with Gasteiger partial charge in [-0.2, -0.15) is 0 Å². The highest BCUT2D eigenvalue weighted by Crippen LogP contribution is 2.41. The molecule has 2 N–H and O–H groups in total. The van der Waals surface area contributed by atoms with Gasteiger partial charge in [-0.3, -0.25) is 4.79 Å². The Morgan fingerprint density at radius 2 is 1.85 bits per heavy atom. The molecule has 0 bridgehead atoms. The summed E-state index contributed by atoms with van der Waals surface area (Å²) in [6, 6.07) is 7.38. The maximum Gasteiger partial charge on any atom is 0.303 e. The molecule has 1 saturated carbocycles. The topological polar surface area (TPSA) is 104 Å². The van der Waals surface area contributed by atoms with E-state index in [-0.39, 0.29) is 43.0 Å². The molecule has 2 heterocycles. The summed E-state index contributed by atoms with van der Waals surface area (Å²) < 4.78 is 30.8. The number of carboxylic acids is 1. The van der Waals surface area contributed by atoms with E-state index in [1.54, 1.807) is 6.07 Å². The first-order valence-electron chi connectivity index (χ1n) is 15.5. The van der Waals surface area contributed by atoms with Gasteiger partial charge in [0.1, 0.15) is 12.4 Å². The van der Waals surface area contributed by atoms with Gasteiger partial charge in [0.15, 0.2) is 12.6 Å². The Kier molecular flexibility index (Phi) is 13.7. The minimum Gasteiger partial charge on any atom is -0.491 e. The van der Waals surface area contributed by atoms with E-state index in [0.29, 0.717) is 49.9 Å². The lowest BCUT2D eigenvalue weighted by atomic mass is 9.86. The Hall–Kier alpha value is -1.68. The van der Waals surface area contributed by atoms with Crippen molar-refractivity contribution in [2.45, 2.75) is 114 Å². The Labute approximate surface area is 249 Å². The monoisotopic (exact) mass is 594 g/mol. The second-order valence-corrected chi connectivity index (χ2v) is 11.9. The fraction of sp³-hybridized carbons (Fsp3) is 0.719. The summed E-state index contributed by atoms with van der Waals surface area (Å²) in [7, 11) is 0. The number of benzene rings is 1. The van der Waals surface area contributed by atoms with E-state index in [9.17, 15) is 9.90 Å². The lowest BCUT2D eigenvalue weighted by Gasteiger charge is -2.32. The maximum absolute atomic E-state index is 11.1. The molecule has 3 aliphatic rings. The number of aliphatic hydroxyl groups is 1. The number of halogens is 1. The van der Waals surface area contributed by atoms with Crippen molar-refractivity contribution in [3.8, 4) is 5.75 Å². The molecular formula is C32H47ClO8. The molecular weight excluding hydrogens is 548 g/mol. The SMILES string of the molecule is O=C(O)CCCC=CC[C@@H]1[C@@H](CC[C@H](COc2cccc(Cl)c2)OC2CCCCO2)[C@H](OC2CCCCO2)C[C@@H]1O. The minimum atomic E-state index is -0.774. The van der Waals surface area contributed by atoms with Crippen LogP contribution in [0.1, 0.15) is 83.5 Å². The number of rotatable bonds is 16. The summed E-state index contributed by atoms with van der Waals surface area (Å²) in [6.07, 6.45) is 13.3. The van der Waals surface area contributed by atoms with Gasteiger partial charge in [-0.05, 0) is 101 Å². The number of ether oxygens (including phenoxy) is 5. The van der Waals surface area contributed by atoms with Crippen LogP contribution in [-0.4, -0.2) is 66.9 Å². The molecule has 8 nitrogen and oxygen atoms in total. The fourth-order valence-electron chi connectivity index (χ4n) is 6.14. The molecule has 3 fully saturated rings. The number of aliphatic carboxylic acids is 1. The number of carboxylic acid groups (broad SMARTS) is 1. The quantitative estimate of drug-likeness (QED) is 0.165. The Morgan fingerprint density at radius 3 is 2.56 bits per heavy atom. The van der Waals surface area contributed by atoms with Crippen molar-refractivity contribution in [3.05, 3.63) is 41.4 Å². The van der Waals surface area contributed by atoms with Crippen LogP contribution in [0.3, 0.4) is 0 Å². The molecule has 4 rings (SSSR count). The van der Waals surface area contributed by atoms with Gasteiger partial charge in [0, 0.05) is 31.1 Å². The summed E-state index contributed by atoms with van der Waals surface area (Å²) in [5, 5.41) is 20.6. The standard InChI is InChI=1S/C32H47ClO8/c33-23-10-9-11-24(20-23)39-22-25(40-31-14-5-7-18-37-31)16-17-27-26(12-3-1-2-4-13-30(35)36)28(34)21-29(27)41-32-15-6-8-19-38-32/h1,3,9-11,20,25-29,31-32,34H,2,4-8,12-19,21-22H2,(H,35,36)/t25-,26-,27-,28+,29-,31?,32?/m1/s1. The third kappa shape index (κ3) is 11.2. The summed E-state index contributed by atoms with van der Waals surface area (Å²) in [5.41, 5.74) is 0. The zero-order valence-electron chi connectivity index (χ0n) is 24.0. The van der Waals surface area contributed by atoms with Crippen molar-refractivity contribution in [3.63, 3.8) is 0 Å². The van der Waals surface area contributed by atoms with Crippen LogP contribution in [-0.2, 0) is 23.7 Å². The summed E-state index contributed by atoms with van der Waals surface area (Å²) in [6.45, 7) is 1.80. The van der Waals surface area contributed by atoms with E-state index < -0.39 is 12.1 Å². The van der Waals surface area contributed by atoms with E-state index in [4.69, 9.17) is 40.4 Å². The van der Waals surface area contributed by atoms with E-state index >= 15 is 0 Å². The Bertz CT molecular complexity index is 930. The van der Waals surface area contributed by atoms with Crippen LogP contribution in [0.2, 0.25) is 5.02 Å². The zero-order chi connectivity index (χ0) is 28.9. The van der Waals surface area contributed by atoms with E-state index in [0.717, 1.165) is 57.8 Å². The van der Waals surface area contributed by atoms with Crippen LogP contribution < -0.4 is 4.74 Å². The van der Waals surface area contributed by atoms with Crippen molar-refractivity contribution in [1.29, 1.82) is 0 Å². The number of aliphatic hydroxyl groups excluding tert-OH is 1. The molecule has 1 aromatic rings. The van der Waals surface area contributed by atoms with Crippen molar-refractivity contribution >= 4 is 17.6 Å². The third-order valence-electron chi connectivity index (χ3n) is 8.33. The number of hydrogen-bond donors (Lipinski definition) is 2. The first kappa shape index (κ1) is 32.2. The largest absolute Gasteiger partial charge is 0.491 e. The molecule has 1 aliphatic carbocycles. The number of allylic oxidation sites excluding steroid dienone is 2. The lowest BCUT2D eigenvalue weighted by molar-refractivity contribution is -0.202. The zero-order valence-corrected chi connectivity index (χ0v) is 24.8. The van der Waals surface area contributed by atoms with Crippen LogP contribution in [0.5, 0.6) is 5.75 Å². The van der Waals surface area contributed by atoms with Gasteiger partial charge in [-0.1, -0.05) is 29.8 Å². The van der Waals surface area contributed by atoms with Gasteiger partial charge in [-0.15, -0.1) is 0 Å². The van der Waals surface area contributed by atoms with Crippen LogP contribution in [0.4, 0.5) is 0 Å². The van der Waals surface area contributed by atoms with Crippen LogP contribution >= 0.6 is 11.6 Å². The number of hydrogen-bond acceptors (Lipinski definition) is 7. The average Bonchev–Trinajstić information content (AvgIpc) is 3.26. The third-order valence-corrected chi connectivity index (χ3v) is 8.57. The second-order valence-electron chi connectivity index (χ2n) is 11.5. The number of carbonyl (C=O) groups is 1. The Morgan fingerprint density at radius 1 is 1.07 bits per heavy atom. The molecule has 2 saturated heterocycles. The number of unbranched alkanes of at least 4 members (excludes halogenated alkanes) is 1. The van der Waals surface area contributed by atoms with Gasteiger partial charge >= 0.3 is 5.97 Å². The summed E-state index contributed by atoms with van der Waals surface area (Å²) in [5.74, 6) is 0.0985.